The Morgan fingerprint density at radius 2 is 1.11 bits per heavy atom. The van der Waals surface area contributed by atoms with Crippen LogP contribution >= 0.6 is 0 Å². The Hall–Kier alpha value is -1.79. The molecule has 0 N–H and O–H groups in total. The molecule has 0 aromatic carbocycles. The first-order valence-corrected chi connectivity index (χ1v) is 14.1. The second kappa shape index (κ2) is 13.1. The highest BCUT2D eigenvalue weighted by atomic mass is 16.6. The summed E-state index contributed by atoms with van der Waals surface area (Å²) in [5.41, 5.74) is 0. The van der Waals surface area contributed by atoms with Crippen LogP contribution in [0.25, 0.3) is 0 Å². The number of carbonyl (C=O) groups is 3. The lowest BCUT2D eigenvalue weighted by molar-refractivity contribution is -0.164. The molecule has 0 saturated heterocycles. The third-order valence-electron chi connectivity index (χ3n) is 8.94. The number of likely N-dealkylation sites (N-methyl/N-ethyl adjacent to an activating group) is 2. The summed E-state index contributed by atoms with van der Waals surface area (Å²) in [4.78, 5) is 42.0. The third-order valence-corrected chi connectivity index (χ3v) is 8.94. The highest BCUT2D eigenvalue weighted by molar-refractivity contribution is 5.89. The number of rotatable bonds is 8. The first kappa shape index (κ1) is 30.4. The van der Waals surface area contributed by atoms with Crippen LogP contribution in [0.1, 0.15) is 93.9 Å². The molecule has 8 unspecified atom stereocenters. The SMILES string of the molecule is CC1CCC(C(C)C)C(OC(=O)C(C)N(C)C(=O)C(C)N(C)C(=O)OC2CC(C)CCC2C(C)C)C1. The molecule has 2 saturated carbocycles. The number of ether oxygens (including phenoxy) is 2. The maximum absolute atomic E-state index is 13.2. The molecule has 7 nitrogen and oxygen atoms in total. The van der Waals surface area contributed by atoms with Gasteiger partial charge in [-0.15, -0.1) is 0 Å². The van der Waals surface area contributed by atoms with Crippen LogP contribution in [0, 0.1) is 35.5 Å². The van der Waals surface area contributed by atoms with Crippen molar-refractivity contribution in [3.8, 4) is 0 Å². The number of nitrogens with zero attached hydrogens (tertiary/aromatic N) is 2. The Bertz CT molecular complexity index is 694. The van der Waals surface area contributed by atoms with Gasteiger partial charge in [-0.25, -0.2) is 9.59 Å². The molecule has 7 heteroatoms. The number of hydrogen-bond donors (Lipinski definition) is 0. The number of esters is 1. The van der Waals surface area contributed by atoms with E-state index >= 15 is 0 Å². The summed E-state index contributed by atoms with van der Waals surface area (Å²) in [5, 5.41) is 0. The summed E-state index contributed by atoms with van der Waals surface area (Å²) in [7, 11) is 3.19. The fourth-order valence-electron chi connectivity index (χ4n) is 5.93. The van der Waals surface area contributed by atoms with E-state index in [1.165, 1.54) is 9.80 Å². The van der Waals surface area contributed by atoms with Crippen LogP contribution < -0.4 is 0 Å². The second-order valence-electron chi connectivity index (χ2n) is 12.5. The summed E-state index contributed by atoms with van der Waals surface area (Å²) in [5.74, 6) is 1.89. The van der Waals surface area contributed by atoms with Gasteiger partial charge in [0.05, 0.1) is 0 Å². The Labute approximate surface area is 219 Å². The average molecular weight is 509 g/mol. The lowest BCUT2D eigenvalue weighted by Gasteiger charge is -2.39. The van der Waals surface area contributed by atoms with E-state index in [0.29, 0.717) is 35.5 Å². The van der Waals surface area contributed by atoms with Crippen LogP contribution in [0.3, 0.4) is 0 Å². The minimum Gasteiger partial charge on any atom is -0.461 e. The van der Waals surface area contributed by atoms with Crippen LogP contribution in [0.5, 0.6) is 0 Å². The molecule has 0 heterocycles. The van der Waals surface area contributed by atoms with Gasteiger partial charge >= 0.3 is 12.1 Å². The van der Waals surface area contributed by atoms with Crippen molar-refractivity contribution in [2.75, 3.05) is 14.1 Å². The van der Waals surface area contributed by atoms with E-state index in [1.807, 2.05) is 0 Å². The van der Waals surface area contributed by atoms with Crippen LogP contribution in [-0.4, -0.2) is 66.2 Å². The first-order valence-electron chi connectivity index (χ1n) is 14.1. The van der Waals surface area contributed by atoms with Gasteiger partial charge in [0.2, 0.25) is 5.91 Å². The summed E-state index contributed by atoms with van der Waals surface area (Å²) in [6.07, 6.45) is 5.39. The molecule has 2 aliphatic rings. The molecule has 0 aromatic rings. The van der Waals surface area contributed by atoms with E-state index < -0.39 is 18.2 Å². The smallest absolute Gasteiger partial charge is 0.410 e. The molecule has 0 radical (unpaired) electrons. The monoisotopic (exact) mass is 508 g/mol. The minimum atomic E-state index is -0.755. The topological polar surface area (TPSA) is 76.2 Å². The zero-order valence-corrected chi connectivity index (χ0v) is 24.5. The maximum atomic E-state index is 13.2. The molecule has 8 atom stereocenters. The number of amides is 2. The fraction of sp³-hybridized carbons (Fsp3) is 0.897. The summed E-state index contributed by atoms with van der Waals surface area (Å²) < 4.78 is 11.9. The van der Waals surface area contributed by atoms with Crippen LogP contribution in [-0.2, 0) is 19.1 Å². The Balaban J connectivity index is 1.98. The van der Waals surface area contributed by atoms with Crippen molar-refractivity contribution in [1.29, 1.82) is 0 Å². The number of hydrogen-bond acceptors (Lipinski definition) is 5. The Morgan fingerprint density at radius 1 is 0.667 bits per heavy atom. The van der Waals surface area contributed by atoms with Gasteiger partial charge in [0.15, 0.2) is 0 Å². The molecule has 0 bridgehead atoms. The van der Waals surface area contributed by atoms with Crippen LogP contribution in [0.4, 0.5) is 4.79 Å². The molecule has 2 rings (SSSR count). The highest BCUT2D eigenvalue weighted by Gasteiger charge is 2.38. The van der Waals surface area contributed by atoms with E-state index in [4.69, 9.17) is 9.47 Å². The van der Waals surface area contributed by atoms with E-state index in [2.05, 4.69) is 41.5 Å². The van der Waals surface area contributed by atoms with Crippen molar-refractivity contribution in [1.82, 2.24) is 9.80 Å². The predicted octanol–water partition coefficient (Wildman–Crippen LogP) is 5.76. The van der Waals surface area contributed by atoms with Gasteiger partial charge in [-0.05, 0) is 75.0 Å². The van der Waals surface area contributed by atoms with E-state index in [9.17, 15) is 14.4 Å². The van der Waals surface area contributed by atoms with Crippen LogP contribution in [0.15, 0.2) is 0 Å². The zero-order valence-electron chi connectivity index (χ0n) is 24.5. The number of carbonyl (C=O) groups excluding carboxylic acids is 3. The van der Waals surface area contributed by atoms with Gasteiger partial charge in [0.25, 0.3) is 0 Å². The van der Waals surface area contributed by atoms with Gasteiger partial charge < -0.3 is 14.4 Å². The molecule has 208 valence electrons. The Morgan fingerprint density at radius 3 is 1.56 bits per heavy atom. The van der Waals surface area contributed by atoms with E-state index in [0.717, 1.165) is 38.5 Å². The van der Waals surface area contributed by atoms with Crippen molar-refractivity contribution < 1.29 is 23.9 Å². The molecule has 2 amide bonds. The molecule has 2 fully saturated rings. The molecule has 0 spiro atoms. The summed E-state index contributed by atoms with van der Waals surface area (Å²) >= 11 is 0. The van der Waals surface area contributed by atoms with Crippen molar-refractivity contribution >= 4 is 18.0 Å². The standard InChI is InChI=1S/C29H52N2O5/c1-17(2)23-13-11-19(5)15-25(23)35-28(33)22(8)30(9)27(32)21(7)31(10)29(34)36-26-16-20(6)12-14-24(26)18(3)4/h17-26H,11-16H2,1-10H3. The molecule has 2 aliphatic carbocycles. The van der Waals surface area contributed by atoms with Crippen LogP contribution in [0.2, 0.25) is 0 Å². The molecule has 0 aromatic heterocycles. The molecule has 36 heavy (non-hydrogen) atoms. The first-order chi connectivity index (χ1) is 16.7. The van der Waals surface area contributed by atoms with Crippen molar-refractivity contribution in [3.63, 3.8) is 0 Å². The lowest BCUT2D eigenvalue weighted by Crippen LogP contribution is -2.52. The second-order valence-corrected chi connectivity index (χ2v) is 12.5. The lowest BCUT2D eigenvalue weighted by atomic mass is 9.75. The molecular formula is C29H52N2O5. The minimum absolute atomic E-state index is 0.117. The predicted molar refractivity (Wildman–Crippen MR) is 142 cm³/mol. The van der Waals surface area contributed by atoms with Crippen molar-refractivity contribution in [2.45, 2.75) is 118 Å². The molecule has 0 aliphatic heterocycles. The Kier molecular flexibility index (Phi) is 11.1. The van der Waals surface area contributed by atoms with Crippen molar-refractivity contribution in [2.24, 2.45) is 35.5 Å². The normalized spacial score (nSPS) is 30.4. The molecular weight excluding hydrogens is 456 g/mol. The quantitative estimate of drug-likeness (QED) is 0.390. The van der Waals surface area contributed by atoms with Gasteiger partial charge in [-0.3, -0.25) is 9.69 Å². The van der Waals surface area contributed by atoms with Gasteiger partial charge in [-0.2, -0.15) is 0 Å². The van der Waals surface area contributed by atoms with Gasteiger partial charge in [-0.1, -0.05) is 54.4 Å². The summed E-state index contributed by atoms with van der Waals surface area (Å²) in [6.45, 7) is 16.5. The maximum Gasteiger partial charge on any atom is 0.410 e. The van der Waals surface area contributed by atoms with Gasteiger partial charge in [0, 0.05) is 14.1 Å². The largest absolute Gasteiger partial charge is 0.461 e. The average Bonchev–Trinajstić information content (AvgIpc) is 2.81. The van der Waals surface area contributed by atoms with Crippen molar-refractivity contribution in [3.05, 3.63) is 0 Å². The van der Waals surface area contributed by atoms with E-state index in [-0.39, 0.29) is 24.1 Å². The zero-order chi connectivity index (χ0) is 27.3. The fourth-order valence-corrected chi connectivity index (χ4v) is 5.93. The summed E-state index contributed by atoms with van der Waals surface area (Å²) in [6, 6.07) is -1.49. The van der Waals surface area contributed by atoms with Gasteiger partial charge in [0.1, 0.15) is 24.3 Å². The highest BCUT2D eigenvalue weighted by Crippen LogP contribution is 2.36. The third kappa shape index (κ3) is 7.61. The van der Waals surface area contributed by atoms with E-state index in [1.54, 1.807) is 27.9 Å².